The van der Waals surface area contributed by atoms with E-state index >= 15 is 0 Å². The fourth-order valence-corrected chi connectivity index (χ4v) is 4.15. The minimum Gasteiger partial charge on any atom is -0.369 e. The van der Waals surface area contributed by atoms with Gasteiger partial charge in [-0.2, -0.15) is 0 Å². The van der Waals surface area contributed by atoms with E-state index in [2.05, 4.69) is 44.6 Å². The predicted molar refractivity (Wildman–Crippen MR) is 119 cm³/mol. The third-order valence-corrected chi connectivity index (χ3v) is 5.41. The van der Waals surface area contributed by atoms with Gasteiger partial charge < -0.3 is 11.1 Å². The fourth-order valence-electron chi connectivity index (χ4n) is 4.15. The molecule has 0 saturated carbocycles. The van der Waals surface area contributed by atoms with E-state index in [9.17, 15) is 0 Å². The lowest BCUT2D eigenvalue weighted by molar-refractivity contribution is 1.02. The average molecular weight is 378 g/mol. The number of guanidine groups is 1. The Bertz CT molecular complexity index is 1340. The van der Waals surface area contributed by atoms with Crippen LogP contribution in [0.3, 0.4) is 0 Å². The maximum absolute atomic E-state index is 8.79. The molecule has 140 valence electrons. The van der Waals surface area contributed by atoms with Crippen molar-refractivity contribution < 1.29 is 0 Å². The van der Waals surface area contributed by atoms with Crippen LogP contribution in [0.4, 0.5) is 17.1 Å². The first-order valence-corrected chi connectivity index (χ1v) is 9.46. The van der Waals surface area contributed by atoms with Crippen molar-refractivity contribution in [1.82, 2.24) is 0 Å². The van der Waals surface area contributed by atoms with E-state index in [0.717, 1.165) is 40.4 Å². The molecule has 0 saturated heterocycles. The molecule has 0 atom stereocenters. The van der Waals surface area contributed by atoms with Gasteiger partial charge in [0.25, 0.3) is 0 Å². The maximum atomic E-state index is 8.79. The quantitative estimate of drug-likeness (QED) is 0.148. The van der Waals surface area contributed by atoms with Gasteiger partial charge in [-0.25, -0.2) is 4.99 Å². The Kier molecular flexibility index (Phi) is 4.04. The zero-order chi connectivity index (χ0) is 19.8. The Balaban J connectivity index is 1.56. The first kappa shape index (κ1) is 17.1. The molecule has 0 aliphatic heterocycles. The molecular weight excluding hydrogens is 360 g/mol. The van der Waals surface area contributed by atoms with Crippen LogP contribution in [0.15, 0.2) is 76.8 Å². The Hall–Kier alpha value is -4.02. The lowest BCUT2D eigenvalue weighted by Crippen LogP contribution is -2.22. The topological polar surface area (TPSA) is 99.2 Å². The van der Waals surface area contributed by atoms with Crippen molar-refractivity contribution in [2.24, 2.45) is 15.8 Å². The largest absolute Gasteiger partial charge is 0.369 e. The first-order chi connectivity index (χ1) is 14.2. The molecule has 0 unspecified atom stereocenters. The van der Waals surface area contributed by atoms with Crippen molar-refractivity contribution in [3.63, 3.8) is 0 Å². The van der Waals surface area contributed by atoms with Crippen LogP contribution in [0, 0.1) is 0 Å². The van der Waals surface area contributed by atoms with Crippen LogP contribution < -0.4 is 11.1 Å². The van der Waals surface area contributed by atoms with Gasteiger partial charge in [-0.3, -0.25) is 0 Å². The molecule has 6 heteroatoms. The molecule has 0 spiro atoms. The highest BCUT2D eigenvalue weighted by molar-refractivity contribution is 6.08. The molecule has 0 radical (unpaired) electrons. The van der Waals surface area contributed by atoms with Crippen molar-refractivity contribution in [2.45, 2.75) is 12.8 Å². The van der Waals surface area contributed by atoms with Crippen LogP contribution in [0.5, 0.6) is 0 Å². The van der Waals surface area contributed by atoms with E-state index in [1.54, 1.807) is 6.07 Å². The van der Waals surface area contributed by atoms with Gasteiger partial charge >= 0.3 is 0 Å². The number of benzene rings is 4. The maximum Gasteiger partial charge on any atom is 0.198 e. The summed E-state index contributed by atoms with van der Waals surface area (Å²) < 4.78 is 0. The number of aliphatic imine (C=N–C) groups is 1. The van der Waals surface area contributed by atoms with Crippen LogP contribution in [-0.4, -0.2) is 5.96 Å². The molecule has 1 aliphatic carbocycles. The minimum absolute atomic E-state index is 0.311. The van der Waals surface area contributed by atoms with Gasteiger partial charge in [0.05, 0.1) is 5.69 Å². The predicted octanol–water partition coefficient (Wildman–Crippen LogP) is 6.09. The first-order valence-electron chi connectivity index (χ1n) is 9.46. The van der Waals surface area contributed by atoms with Crippen LogP contribution in [0.2, 0.25) is 0 Å². The molecule has 5 rings (SSSR count). The summed E-state index contributed by atoms with van der Waals surface area (Å²) in [4.78, 5) is 7.57. The van der Waals surface area contributed by atoms with Gasteiger partial charge in [0.15, 0.2) is 5.96 Å². The summed E-state index contributed by atoms with van der Waals surface area (Å²) in [6.45, 7) is 0. The normalized spacial score (nSPS) is 12.9. The van der Waals surface area contributed by atoms with Crippen molar-refractivity contribution in [1.29, 1.82) is 0 Å². The molecule has 0 fully saturated rings. The van der Waals surface area contributed by atoms with Crippen molar-refractivity contribution in [2.75, 3.05) is 5.32 Å². The second kappa shape index (κ2) is 6.86. The highest BCUT2D eigenvalue weighted by atomic mass is 15.1. The van der Waals surface area contributed by atoms with Crippen molar-refractivity contribution in [3.8, 4) is 0 Å². The van der Waals surface area contributed by atoms with Gasteiger partial charge in [-0.1, -0.05) is 53.6 Å². The highest BCUT2D eigenvalue weighted by Gasteiger charge is 2.15. The van der Waals surface area contributed by atoms with E-state index in [4.69, 9.17) is 11.3 Å². The minimum atomic E-state index is 0.311. The van der Waals surface area contributed by atoms with Crippen LogP contribution in [0.25, 0.3) is 32.0 Å². The summed E-state index contributed by atoms with van der Waals surface area (Å²) in [5.41, 5.74) is 20.1. The zero-order valence-corrected chi connectivity index (χ0v) is 15.6. The van der Waals surface area contributed by atoms with Crippen molar-refractivity contribution in [3.05, 3.63) is 88.3 Å². The Morgan fingerprint density at radius 3 is 2.38 bits per heavy atom. The molecule has 0 heterocycles. The number of anilines is 1. The molecule has 0 bridgehead atoms. The van der Waals surface area contributed by atoms with Gasteiger partial charge in [0, 0.05) is 27.1 Å². The number of nitrogens with two attached hydrogens (primary N) is 1. The van der Waals surface area contributed by atoms with Crippen LogP contribution in [-0.2, 0) is 12.8 Å². The second-order valence-corrected chi connectivity index (χ2v) is 7.07. The summed E-state index contributed by atoms with van der Waals surface area (Å²) in [5, 5.41) is 11.2. The summed E-state index contributed by atoms with van der Waals surface area (Å²) in [7, 11) is 0. The molecule has 1 aliphatic rings. The zero-order valence-electron chi connectivity index (χ0n) is 15.6. The van der Waals surface area contributed by atoms with Gasteiger partial charge in [-0.15, -0.1) is 0 Å². The average Bonchev–Trinajstić information content (AvgIpc) is 3.17. The van der Waals surface area contributed by atoms with E-state index < -0.39 is 0 Å². The van der Waals surface area contributed by atoms with Gasteiger partial charge in [0.2, 0.25) is 0 Å². The Morgan fingerprint density at radius 1 is 0.828 bits per heavy atom. The number of azide groups is 1. The monoisotopic (exact) mass is 378 g/mol. The van der Waals surface area contributed by atoms with Gasteiger partial charge in [0.1, 0.15) is 0 Å². The van der Waals surface area contributed by atoms with Crippen LogP contribution >= 0.6 is 0 Å². The van der Waals surface area contributed by atoms with Crippen LogP contribution in [0.1, 0.15) is 11.1 Å². The number of hydrogen-bond acceptors (Lipinski definition) is 2. The molecule has 4 aromatic rings. The smallest absolute Gasteiger partial charge is 0.198 e. The SMILES string of the molecule is [N-]=[N+]=Nc1ccc(NC(N)=Nc2ccc3c4c(cccc24)CC3)c2ccccc12. The Morgan fingerprint density at radius 2 is 1.55 bits per heavy atom. The number of fused-ring (bicyclic) bond motifs is 1. The number of aryl methyl sites for hydroxylation is 2. The van der Waals surface area contributed by atoms with E-state index in [1.165, 1.54) is 16.5 Å². The molecule has 0 amide bonds. The molecule has 0 aromatic heterocycles. The summed E-state index contributed by atoms with van der Waals surface area (Å²) in [6.07, 6.45) is 2.16. The van der Waals surface area contributed by atoms with Gasteiger partial charge in [-0.05, 0) is 58.5 Å². The van der Waals surface area contributed by atoms with E-state index in [1.807, 2.05) is 36.4 Å². The summed E-state index contributed by atoms with van der Waals surface area (Å²) in [6, 6.07) is 21.9. The molecular formula is C23H18N6. The molecule has 6 nitrogen and oxygen atoms in total. The highest BCUT2D eigenvalue weighted by Crippen LogP contribution is 2.36. The van der Waals surface area contributed by atoms with E-state index in [-0.39, 0.29) is 0 Å². The third-order valence-electron chi connectivity index (χ3n) is 5.41. The number of nitrogens with zero attached hydrogens (tertiary/aromatic N) is 4. The number of nitrogens with one attached hydrogen (secondary N) is 1. The summed E-state index contributed by atoms with van der Waals surface area (Å²) in [5.74, 6) is 0.311. The standard InChI is InChI=1S/C23H18N6/c24-23(26-19-12-13-21(28-29-25)17-6-2-1-5-16(17)19)27-20-11-10-15-9-8-14-4-3-7-18(20)22(14)15/h1-7,10-13H,8-9H2,(H3,24,26,27). The number of rotatable bonds is 3. The lowest BCUT2D eigenvalue weighted by atomic mass is 10.0. The summed E-state index contributed by atoms with van der Waals surface area (Å²) >= 11 is 0. The second-order valence-electron chi connectivity index (χ2n) is 7.07. The van der Waals surface area contributed by atoms with E-state index in [0.29, 0.717) is 11.6 Å². The number of hydrogen-bond donors (Lipinski definition) is 2. The molecule has 29 heavy (non-hydrogen) atoms. The fraction of sp³-hybridized carbons (Fsp3) is 0.0870. The molecule has 4 aromatic carbocycles. The van der Waals surface area contributed by atoms with Crippen molar-refractivity contribution >= 4 is 44.6 Å². The third kappa shape index (κ3) is 2.92. The Labute approximate surface area is 167 Å². The molecule has 3 N–H and O–H groups in total. The lowest BCUT2D eigenvalue weighted by Gasteiger charge is -2.11.